The molecule has 0 aliphatic heterocycles. The van der Waals surface area contributed by atoms with Crippen molar-refractivity contribution in [2.75, 3.05) is 6.54 Å². The molecule has 2 nitrogen and oxygen atoms in total. The Morgan fingerprint density at radius 1 is 1.37 bits per heavy atom. The van der Waals surface area contributed by atoms with E-state index in [1.54, 1.807) is 0 Å². The van der Waals surface area contributed by atoms with E-state index in [0.717, 1.165) is 25.8 Å². The molecule has 1 aromatic rings. The van der Waals surface area contributed by atoms with Crippen LogP contribution in [0.4, 0.5) is 0 Å². The molecule has 0 spiro atoms. The lowest BCUT2D eigenvalue weighted by molar-refractivity contribution is -0.121. The fourth-order valence-corrected chi connectivity index (χ4v) is 3.06. The van der Waals surface area contributed by atoms with Gasteiger partial charge >= 0.3 is 0 Å². The Labute approximate surface area is 120 Å². The molecule has 3 heteroatoms. The van der Waals surface area contributed by atoms with Gasteiger partial charge in [0, 0.05) is 18.3 Å². The van der Waals surface area contributed by atoms with Gasteiger partial charge in [0.2, 0.25) is 5.91 Å². The van der Waals surface area contributed by atoms with Gasteiger partial charge in [0.05, 0.1) is 0 Å². The minimum absolute atomic E-state index is 0.138. The molecule has 1 N–H and O–H groups in total. The zero-order valence-electron chi connectivity index (χ0n) is 11.5. The average molecular weight is 280 g/mol. The highest BCUT2D eigenvalue weighted by molar-refractivity contribution is 6.20. The van der Waals surface area contributed by atoms with Crippen LogP contribution in [-0.2, 0) is 11.2 Å². The highest BCUT2D eigenvalue weighted by Crippen LogP contribution is 2.29. The van der Waals surface area contributed by atoms with Crippen molar-refractivity contribution in [1.82, 2.24) is 5.32 Å². The van der Waals surface area contributed by atoms with Crippen molar-refractivity contribution in [3.05, 3.63) is 35.4 Å². The fraction of sp³-hybridized carbons (Fsp3) is 0.562. The number of amides is 1. The van der Waals surface area contributed by atoms with Crippen LogP contribution < -0.4 is 5.32 Å². The number of carbonyl (C=O) groups excluding carboxylic acids is 1. The number of hydrogen-bond acceptors (Lipinski definition) is 1. The van der Waals surface area contributed by atoms with Gasteiger partial charge in [-0.2, -0.15) is 0 Å². The van der Waals surface area contributed by atoms with Gasteiger partial charge in [0.25, 0.3) is 0 Å². The average Bonchev–Trinajstić information content (AvgIpc) is 2.81. The third kappa shape index (κ3) is 4.24. The third-order valence-electron chi connectivity index (χ3n) is 4.01. The lowest BCUT2D eigenvalue weighted by Crippen LogP contribution is -2.31. The molecule has 1 saturated carbocycles. The lowest BCUT2D eigenvalue weighted by Gasteiger charge is -2.14. The smallest absolute Gasteiger partial charge is 0.220 e. The topological polar surface area (TPSA) is 29.1 Å². The van der Waals surface area contributed by atoms with E-state index in [0.29, 0.717) is 12.3 Å². The number of alkyl halides is 1. The van der Waals surface area contributed by atoms with Gasteiger partial charge in [-0.05, 0) is 43.2 Å². The van der Waals surface area contributed by atoms with Crippen LogP contribution in [0.1, 0.15) is 36.8 Å². The predicted octanol–water partition coefficient (Wildman–Crippen LogP) is 3.45. The summed E-state index contributed by atoms with van der Waals surface area (Å²) < 4.78 is 0. The number of aryl methyl sites for hydroxylation is 2. The monoisotopic (exact) mass is 279 g/mol. The largest absolute Gasteiger partial charge is 0.356 e. The molecule has 1 aromatic carbocycles. The molecule has 1 fully saturated rings. The Morgan fingerprint density at radius 2 is 2.16 bits per heavy atom. The van der Waals surface area contributed by atoms with Crippen LogP contribution in [0.5, 0.6) is 0 Å². The number of hydrogen-bond donors (Lipinski definition) is 1. The van der Waals surface area contributed by atoms with Crippen molar-refractivity contribution in [2.45, 2.75) is 44.4 Å². The summed E-state index contributed by atoms with van der Waals surface area (Å²) in [7, 11) is 0. The second-order valence-electron chi connectivity index (χ2n) is 5.44. The number of nitrogens with one attached hydrogen (secondary N) is 1. The summed E-state index contributed by atoms with van der Waals surface area (Å²) in [5.74, 6) is 0.600. The number of carbonyl (C=O) groups is 1. The highest BCUT2D eigenvalue weighted by atomic mass is 35.5. The van der Waals surface area contributed by atoms with Crippen LogP contribution >= 0.6 is 11.6 Å². The van der Waals surface area contributed by atoms with Crippen LogP contribution in [-0.4, -0.2) is 17.8 Å². The first kappa shape index (κ1) is 14.4. The van der Waals surface area contributed by atoms with Crippen molar-refractivity contribution < 1.29 is 4.79 Å². The molecule has 2 unspecified atom stereocenters. The van der Waals surface area contributed by atoms with E-state index in [2.05, 4.69) is 24.4 Å². The Hall–Kier alpha value is -1.02. The highest BCUT2D eigenvalue weighted by Gasteiger charge is 2.25. The van der Waals surface area contributed by atoms with Crippen LogP contribution in [0.2, 0.25) is 0 Å². The molecule has 0 radical (unpaired) electrons. The van der Waals surface area contributed by atoms with Crippen molar-refractivity contribution in [3.63, 3.8) is 0 Å². The van der Waals surface area contributed by atoms with Gasteiger partial charge in [-0.3, -0.25) is 4.79 Å². The third-order valence-corrected chi connectivity index (χ3v) is 4.58. The molecule has 1 aliphatic carbocycles. The van der Waals surface area contributed by atoms with E-state index >= 15 is 0 Å². The van der Waals surface area contributed by atoms with Crippen LogP contribution in [0.3, 0.4) is 0 Å². The van der Waals surface area contributed by atoms with E-state index in [1.807, 2.05) is 12.1 Å². The van der Waals surface area contributed by atoms with Gasteiger partial charge in [-0.15, -0.1) is 11.6 Å². The number of halogens is 1. The Morgan fingerprint density at radius 3 is 2.84 bits per heavy atom. The summed E-state index contributed by atoms with van der Waals surface area (Å²) in [6.07, 6.45) is 4.80. The van der Waals surface area contributed by atoms with E-state index in [-0.39, 0.29) is 11.3 Å². The summed E-state index contributed by atoms with van der Waals surface area (Å²) in [6, 6.07) is 8.23. The van der Waals surface area contributed by atoms with E-state index in [4.69, 9.17) is 11.6 Å². The molecular formula is C16H22ClNO. The van der Waals surface area contributed by atoms with Gasteiger partial charge < -0.3 is 5.32 Å². The molecule has 19 heavy (non-hydrogen) atoms. The zero-order valence-corrected chi connectivity index (χ0v) is 12.2. The zero-order chi connectivity index (χ0) is 13.7. The molecule has 104 valence electrons. The maximum atomic E-state index is 11.8. The number of rotatable bonds is 5. The Kier molecular flexibility index (Phi) is 5.26. The predicted molar refractivity (Wildman–Crippen MR) is 79.5 cm³/mol. The van der Waals surface area contributed by atoms with Crippen LogP contribution in [0.25, 0.3) is 0 Å². The Bertz CT molecular complexity index is 433. The first-order valence-electron chi connectivity index (χ1n) is 7.12. The van der Waals surface area contributed by atoms with Gasteiger partial charge in [0.1, 0.15) is 0 Å². The van der Waals surface area contributed by atoms with Crippen molar-refractivity contribution in [2.24, 2.45) is 5.92 Å². The molecule has 0 bridgehead atoms. The first-order chi connectivity index (χ1) is 9.16. The molecule has 0 heterocycles. The molecule has 0 aromatic heterocycles. The first-order valence-corrected chi connectivity index (χ1v) is 7.55. The van der Waals surface area contributed by atoms with Gasteiger partial charge in [0.15, 0.2) is 0 Å². The van der Waals surface area contributed by atoms with Crippen LogP contribution in [0.15, 0.2) is 24.3 Å². The second-order valence-corrected chi connectivity index (χ2v) is 6.00. The van der Waals surface area contributed by atoms with Gasteiger partial charge in [-0.25, -0.2) is 0 Å². The fourth-order valence-electron chi connectivity index (χ4n) is 2.69. The molecule has 0 saturated heterocycles. The van der Waals surface area contributed by atoms with Crippen molar-refractivity contribution in [1.29, 1.82) is 0 Å². The van der Waals surface area contributed by atoms with Crippen molar-refractivity contribution >= 4 is 17.5 Å². The SMILES string of the molecule is Cc1ccccc1CCC(=O)NCC1CCCC1Cl. The number of benzene rings is 1. The standard InChI is InChI=1S/C16H22ClNO/c1-12-5-2-3-6-13(12)9-10-16(19)18-11-14-7-4-8-15(14)17/h2-3,5-6,14-15H,4,7-11H2,1H3,(H,18,19). The van der Waals surface area contributed by atoms with Crippen molar-refractivity contribution in [3.8, 4) is 0 Å². The van der Waals surface area contributed by atoms with E-state index in [9.17, 15) is 4.79 Å². The lowest BCUT2D eigenvalue weighted by atomic mass is 10.0. The minimum Gasteiger partial charge on any atom is -0.356 e. The normalized spacial score (nSPS) is 22.4. The second kappa shape index (κ2) is 6.95. The van der Waals surface area contributed by atoms with E-state index in [1.165, 1.54) is 17.5 Å². The molecule has 1 amide bonds. The summed E-state index contributed by atoms with van der Waals surface area (Å²) in [5.41, 5.74) is 2.51. The van der Waals surface area contributed by atoms with Crippen LogP contribution in [0, 0.1) is 12.8 Å². The maximum Gasteiger partial charge on any atom is 0.220 e. The quantitative estimate of drug-likeness (QED) is 0.822. The molecule has 1 aliphatic rings. The van der Waals surface area contributed by atoms with E-state index < -0.39 is 0 Å². The molecule has 2 rings (SSSR count). The summed E-state index contributed by atoms with van der Waals surface area (Å²) in [6.45, 7) is 2.82. The minimum atomic E-state index is 0.138. The summed E-state index contributed by atoms with van der Waals surface area (Å²) in [5, 5.41) is 3.27. The summed E-state index contributed by atoms with van der Waals surface area (Å²) >= 11 is 6.20. The summed E-state index contributed by atoms with van der Waals surface area (Å²) in [4.78, 5) is 11.8. The van der Waals surface area contributed by atoms with Gasteiger partial charge in [-0.1, -0.05) is 30.7 Å². The Balaban J connectivity index is 1.71. The molecule has 2 atom stereocenters. The molecular weight excluding hydrogens is 258 g/mol. The maximum absolute atomic E-state index is 11.8.